The molecular weight excluding hydrogens is 310 g/mol. The number of carbonyl (C=O) groups excluding carboxylic acids is 1. The number of benzene rings is 1. The first-order valence-electron chi connectivity index (χ1n) is 5.90. The number of phenols is 1. The smallest absolute Gasteiger partial charge is 0.249 e. The third kappa shape index (κ3) is 3.14. The molecule has 0 spiro atoms. The van der Waals surface area contributed by atoms with Crippen molar-refractivity contribution in [2.24, 2.45) is 0 Å². The number of nitrogens with zero attached hydrogens (tertiary/aromatic N) is 2. The Hall–Kier alpha value is -1.82. The molecule has 5 nitrogen and oxygen atoms in total. The van der Waals surface area contributed by atoms with Crippen LogP contribution in [0.2, 0.25) is 0 Å². The topological polar surface area (TPSA) is 67.2 Å². The number of anilines is 1. The molecule has 2 aromatic rings. The van der Waals surface area contributed by atoms with Crippen LogP contribution in [0.15, 0.2) is 41.1 Å². The molecule has 0 saturated heterocycles. The van der Waals surface area contributed by atoms with Crippen molar-refractivity contribution in [1.29, 1.82) is 0 Å². The van der Waals surface area contributed by atoms with Gasteiger partial charge in [-0.05, 0) is 34.5 Å². The van der Waals surface area contributed by atoms with Gasteiger partial charge >= 0.3 is 0 Å². The van der Waals surface area contributed by atoms with Crippen LogP contribution in [0, 0.1) is 0 Å². The second kappa shape index (κ2) is 5.88. The van der Waals surface area contributed by atoms with Crippen LogP contribution in [0.4, 0.5) is 5.69 Å². The summed E-state index contributed by atoms with van der Waals surface area (Å²) in [5.41, 5.74) is 0.400. The summed E-state index contributed by atoms with van der Waals surface area (Å²) in [4.78, 5) is 12.2. The highest BCUT2D eigenvalue weighted by Gasteiger charge is 2.20. The molecule has 100 valence electrons. The third-order valence-corrected chi connectivity index (χ3v) is 3.15. The van der Waals surface area contributed by atoms with Crippen molar-refractivity contribution in [2.75, 3.05) is 5.32 Å². The number of nitrogens with one attached hydrogen (secondary N) is 1. The largest absolute Gasteiger partial charge is 0.506 e. The van der Waals surface area contributed by atoms with Crippen molar-refractivity contribution in [2.45, 2.75) is 19.4 Å². The monoisotopic (exact) mass is 323 g/mol. The Morgan fingerprint density at radius 2 is 2.26 bits per heavy atom. The predicted molar refractivity (Wildman–Crippen MR) is 76.0 cm³/mol. The standard InChI is InChI=1S/C13H14BrN3O2/c1-2-11(17-8-9(14)7-15-17)13(19)16-10-5-3-4-6-12(10)18/h3-8,11,18H,2H2,1H3,(H,16,19). The summed E-state index contributed by atoms with van der Waals surface area (Å²) in [6.45, 7) is 1.91. The minimum absolute atomic E-state index is 0.0485. The Morgan fingerprint density at radius 1 is 1.53 bits per heavy atom. The van der Waals surface area contributed by atoms with Crippen LogP contribution >= 0.6 is 15.9 Å². The highest BCUT2D eigenvalue weighted by atomic mass is 79.9. The summed E-state index contributed by atoms with van der Waals surface area (Å²) in [6.07, 6.45) is 3.99. The maximum atomic E-state index is 12.2. The van der Waals surface area contributed by atoms with Crippen molar-refractivity contribution in [3.05, 3.63) is 41.1 Å². The fraction of sp³-hybridized carbons (Fsp3) is 0.231. The second-order valence-corrected chi connectivity index (χ2v) is 4.98. The number of carbonyl (C=O) groups is 1. The molecule has 1 amide bonds. The minimum Gasteiger partial charge on any atom is -0.506 e. The first-order chi connectivity index (χ1) is 9.11. The molecule has 1 atom stereocenters. The number of phenolic OH excluding ortho intramolecular Hbond substituents is 1. The number of hydrogen-bond acceptors (Lipinski definition) is 3. The van der Waals surface area contributed by atoms with E-state index in [0.29, 0.717) is 12.1 Å². The quantitative estimate of drug-likeness (QED) is 0.850. The van der Waals surface area contributed by atoms with Gasteiger partial charge in [0.2, 0.25) is 5.91 Å². The highest BCUT2D eigenvalue weighted by Crippen LogP contribution is 2.23. The van der Waals surface area contributed by atoms with E-state index in [1.165, 1.54) is 6.07 Å². The summed E-state index contributed by atoms with van der Waals surface area (Å²) in [5.74, 6) is -0.160. The van der Waals surface area contributed by atoms with Gasteiger partial charge in [0.25, 0.3) is 0 Å². The zero-order valence-electron chi connectivity index (χ0n) is 10.4. The summed E-state index contributed by atoms with van der Waals surface area (Å²) in [5, 5.41) is 16.5. The fourth-order valence-corrected chi connectivity index (χ4v) is 2.07. The van der Waals surface area contributed by atoms with Gasteiger partial charge in [-0.15, -0.1) is 0 Å². The molecule has 0 bridgehead atoms. The van der Waals surface area contributed by atoms with Crippen LogP contribution in [-0.2, 0) is 4.79 Å². The van der Waals surface area contributed by atoms with Crippen LogP contribution in [-0.4, -0.2) is 20.8 Å². The normalized spacial score (nSPS) is 12.1. The molecule has 1 aromatic carbocycles. The lowest BCUT2D eigenvalue weighted by Gasteiger charge is -2.16. The highest BCUT2D eigenvalue weighted by molar-refractivity contribution is 9.10. The first kappa shape index (κ1) is 13.6. The molecule has 2 rings (SSSR count). The molecule has 6 heteroatoms. The molecule has 1 heterocycles. The van der Waals surface area contributed by atoms with Gasteiger partial charge in [-0.1, -0.05) is 19.1 Å². The average Bonchev–Trinajstić information content (AvgIpc) is 2.80. The SMILES string of the molecule is CCC(C(=O)Nc1ccccc1O)n1cc(Br)cn1. The Bertz CT molecular complexity index is 583. The average molecular weight is 324 g/mol. The van der Waals surface area contributed by atoms with Gasteiger partial charge < -0.3 is 10.4 Å². The second-order valence-electron chi connectivity index (χ2n) is 4.07. The number of aromatic hydroxyl groups is 1. The van der Waals surface area contributed by atoms with Gasteiger partial charge in [0.15, 0.2) is 0 Å². The van der Waals surface area contributed by atoms with Crippen molar-refractivity contribution < 1.29 is 9.90 Å². The lowest BCUT2D eigenvalue weighted by atomic mass is 10.2. The first-order valence-corrected chi connectivity index (χ1v) is 6.69. The zero-order chi connectivity index (χ0) is 13.8. The number of rotatable bonds is 4. The van der Waals surface area contributed by atoms with Crippen molar-refractivity contribution in [3.8, 4) is 5.75 Å². The van der Waals surface area contributed by atoms with Crippen molar-refractivity contribution in [3.63, 3.8) is 0 Å². The molecule has 0 aliphatic carbocycles. The number of para-hydroxylation sites is 2. The van der Waals surface area contributed by atoms with E-state index in [1.54, 1.807) is 35.3 Å². The lowest BCUT2D eigenvalue weighted by Crippen LogP contribution is -2.25. The number of amides is 1. The van der Waals surface area contributed by atoms with Crippen LogP contribution in [0.5, 0.6) is 5.75 Å². The number of hydrogen-bond donors (Lipinski definition) is 2. The maximum Gasteiger partial charge on any atom is 0.249 e. The van der Waals surface area contributed by atoms with Crippen LogP contribution < -0.4 is 5.32 Å². The van der Waals surface area contributed by atoms with Gasteiger partial charge in [-0.3, -0.25) is 9.48 Å². The Kier molecular flexibility index (Phi) is 4.21. The van der Waals surface area contributed by atoms with Crippen molar-refractivity contribution >= 4 is 27.5 Å². The van der Waals surface area contributed by atoms with E-state index < -0.39 is 6.04 Å². The summed E-state index contributed by atoms with van der Waals surface area (Å²) < 4.78 is 2.42. The maximum absolute atomic E-state index is 12.2. The molecule has 1 unspecified atom stereocenters. The number of aromatic nitrogens is 2. The van der Waals surface area contributed by atoms with E-state index in [1.807, 2.05) is 6.92 Å². The Labute approximate surface area is 119 Å². The van der Waals surface area contributed by atoms with Gasteiger partial charge in [-0.2, -0.15) is 5.10 Å². The van der Waals surface area contributed by atoms with Crippen molar-refractivity contribution in [1.82, 2.24) is 9.78 Å². The zero-order valence-corrected chi connectivity index (χ0v) is 12.0. The van der Waals surface area contributed by atoms with Gasteiger partial charge in [0.1, 0.15) is 11.8 Å². The number of halogens is 1. The van der Waals surface area contributed by atoms with Crippen LogP contribution in [0.3, 0.4) is 0 Å². The van der Waals surface area contributed by atoms with Crippen LogP contribution in [0.1, 0.15) is 19.4 Å². The molecule has 0 aliphatic heterocycles. The molecule has 1 aromatic heterocycles. The van der Waals surface area contributed by atoms with Gasteiger partial charge in [0, 0.05) is 6.20 Å². The summed E-state index contributed by atoms with van der Waals surface area (Å²) >= 11 is 3.30. The summed E-state index contributed by atoms with van der Waals surface area (Å²) in [6, 6.07) is 6.22. The predicted octanol–water partition coefficient (Wildman–Crippen LogP) is 2.94. The van der Waals surface area contributed by atoms with Gasteiger partial charge in [0.05, 0.1) is 16.4 Å². The van der Waals surface area contributed by atoms with E-state index in [-0.39, 0.29) is 11.7 Å². The summed E-state index contributed by atoms with van der Waals surface area (Å²) in [7, 11) is 0. The van der Waals surface area contributed by atoms with E-state index in [4.69, 9.17) is 0 Å². The molecule has 0 radical (unpaired) electrons. The molecule has 19 heavy (non-hydrogen) atoms. The van der Waals surface area contributed by atoms with Crippen LogP contribution in [0.25, 0.3) is 0 Å². The minimum atomic E-state index is -0.411. The van der Waals surface area contributed by atoms with E-state index >= 15 is 0 Å². The molecule has 0 saturated carbocycles. The Morgan fingerprint density at radius 3 is 2.84 bits per heavy atom. The Balaban J connectivity index is 2.16. The van der Waals surface area contributed by atoms with Gasteiger partial charge in [-0.25, -0.2) is 0 Å². The molecule has 0 fully saturated rings. The van der Waals surface area contributed by atoms with E-state index in [0.717, 1.165) is 4.47 Å². The molecular formula is C13H14BrN3O2. The van der Waals surface area contributed by atoms with E-state index in [9.17, 15) is 9.90 Å². The third-order valence-electron chi connectivity index (χ3n) is 2.74. The molecule has 2 N–H and O–H groups in total. The molecule has 0 aliphatic rings. The fourth-order valence-electron chi connectivity index (χ4n) is 1.77. The van der Waals surface area contributed by atoms with E-state index in [2.05, 4.69) is 26.3 Å². The lowest BCUT2D eigenvalue weighted by molar-refractivity contribution is -0.119.